The van der Waals surface area contributed by atoms with Crippen molar-refractivity contribution < 1.29 is 9.47 Å². The molecule has 0 spiro atoms. The van der Waals surface area contributed by atoms with E-state index in [0.29, 0.717) is 18.1 Å². The fourth-order valence-corrected chi connectivity index (χ4v) is 2.89. The summed E-state index contributed by atoms with van der Waals surface area (Å²) in [4.78, 5) is 0. The molecule has 3 unspecified atom stereocenters. The van der Waals surface area contributed by atoms with Crippen LogP contribution in [0.15, 0.2) is 0 Å². The lowest BCUT2D eigenvalue weighted by molar-refractivity contribution is -0.0240. The van der Waals surface area contributed by atoms with E-state index in [-0.39, 0.29) is 0 Å². The average molecular weight is 227 g/mol. The number of nitrogens with two attached hydrogens (primary N) is 1. The predicted molar refractivity (Wildman–Crippen MR) is 64.3 cm³/mol. The Bertz CT molecular complexity index is 192. The Labute approximate surface area is 98.7 Å². The van der Waals surface area contributed by atoms with E-state index in [9.17, 15) is 0 Å². The first-order valence-electron chi connectivity index (χ1n) is 6.83. The van der Waals surface area contributed by atoms with Gasteiger partial charge in [-0.15, -0.1) is 0 Å². The van der Waals surface area contributed by atoms with Crippen LogP contribution in [-0.4, -0.2) is 32.0 Å². The summed E-state index contributed by atoms with van der Waals surface area (Å²) >= 11 is 0. The molecule has 1 aliphatic heterocycles. The second kappa shape index (κ2) is 6.58. The van der Waals surface area contributed by atoms with Gasteiger partial charge < -0.3 is 15.2 Å². The first-order valence-corrected chi connectivity index (χ1v) is 6.83. The summed E-state index contributed by atoms with van der Waals surface area (Å²) in [5.74, 6) is 0.596. The molecular weight excluding hydrogens is 202 g/mol. The smallest absolute Gasteiger partial charge is 0.0615 e. The molecule has 16 heavy (non-hydrogen) atoms. The van der Waals surface area contributed by atoms with Gasteiger partial charge >= 0.3 is 0 Å². The largest absolute Gasteiger partial charge is 0.378 e. The van der Waals surface area contributed by atoms with Crippen molar-refractivity contribution in [3.8, 4) is 0 Å². The van der Waals surface area contributed by atoms with Gasteiger partial charge in [-0.1, -0.05) is 12.8 Å². The standard InChI is InChI=1S/C13H25NO2/c14-10-11-4-1-2-6-13(11)16-9-7-12-5-3-8-15-12/h11-13H,1-10,14H2. The molecule has 0 aromatic carbocycles. The molecule has 3 nitrogen and oxygen atoms in total. The Hall–Kier alpha value is -0.120. The monoisotopic (exact) mass is 227 g/mol. The van der Waals surface area contributed by atoms with E-state index < -0.39 is 0 Å². The normalized spacial score (nSPS) is 35.4. The van der Waals surface area contributed by atoms with Crippen LogP contribution in [0.5, 0.6) is 0 Å². The maximum Gasteiger partial charge on any atom is 0.0615 e. The topological polar surface area (TPSA) is 44.5 Å². The molecule has 0 amide bonds. The van der Waals surface area contributed by atoms with Crippen molar-refractivity contribution in [2.75, 3.05) is 19.8 Å². The van der Waals surface area contributed by atoms with Crippen LogP contribution in [0.2, 0.25) is 0 Å². The zero-order valence-corrected chi connectivity index (χ0v) is 10.2. The van der Waals surface area contributed by atoms with Gasteiger partial charge in [0.2, 0.25) is 0 Å². The summed E-state index contributed by atoms with van der Waals surface area (Å²) in [5.41, 5.74) is 5.78. The van der Waals surface area contributed by atoms with Crippen LogP contribution in [0, 0.1) is 5.92 Å². The van der Waals surface area contributed by atoms with Gasteiger partial charge in [0.25, 0.3) is 0 Å². The van der Waals surface area contributed by atoms with E-state index in [1.807, 2.05) is 0 Å². The fourth-order valence-electron chi connectivity index (χ4n) is 2.89. The number of ether oxygens (including phenoxy) is 2. The van der Waals surface area contributed by atoms with Crippen molar-refractivity contribution in [1.82, 2.24) is 0 Å². The van der Waals surface area contributed by atoms with Gasteiger partial charge in [0.05, 0.1) is 12.2 Å². The van der Waals surface area contributed by atoms with Gasteiger partial charge in [-0.3, -0.25) is 0 Å². The third-order valence-electron chi connectivity index (χ3n) is 3.94. The molecule has 1 saturated heterocycles. The number of hydrogen-bond donors (Lipinski definition) is 1. The molecule has 1 aliphatic carbocycles. The maximum absolute atomic E-state index is 5.99. The summed E-state index contributed by atoms with van der Waals surface area (Å²) in [7, 11) is 0. The SMILES string of the molecule is NCC1CCCCC1OCCC1CCCO1. The second-order valence-electron chi connectivity index (χ2n) is 5.11. The molecule has 0 bridgehead atoms. The van der Waals surface area contributed by atoms with Gasteiger partial charge in [0.1, 0.15) is 0 Å². The third-order valence-corrected chi connectivity index (χ3v) is 3.94. The molecule has 2 N–H and O–H groups in total. The van der Waals surface area contributed by atoms with Gasteiger partial charge in [-0.25, -0.2) is 0 Å². The highest BCUT2D eigenvalue weighted by molar-refractivity contribution is 4.77. The van der Waals surface area contributed by atoms with Gasteiger partial charge in [-0.2, -0.15) is 0 Å². The Balaban J connectivity index is 1.63. The Morgan fingerprint density at radius 1 is 1.12 bits per heavy atom. The van der Waals surface area contributed by atoms with Crippen LogP contribution in [0.25, 0.3) is 0 Å². The van der Waals surface area contributed by atoms with Crippen molar-refractivity contribution in [3.05, 3.63) is 0 Å². The van der Waals surface area contributed by atoms with Crippen LogP contribution < -0.4 is 5.73 Å². The molecule has 94 valence electrons. The highest BCUT2D eigenvalue weighted by Gasteiger charge is 2.25. The Kier molecular flexibility index (Phi) is 5.07. The van der Waals surface area contributed by atoms with Crippen LogP contribution in [-0.2, 0) is 9.47 Å². The Morgan fingerprint density at radius 2 is 2.00 bits per heavy atom. The van der Waals surface area contributed by atoms with Gasteiger partial charge in [0.15, 0.2) is 0 Å². The molecule has 0 aromatic heterocycles. The first-order chi connectivity index (χ1) is 7.90. The van der Waals surface area contributed by atoms with E-state index in [4.69, 9.17) is 15.2 Å². The van der Waals surface area contributed by atoms with E-state index in [0.717, 1.165) is 26.2 Å². The molecule has 1 saturated carbocycles. The molecule has 2 fully saturated rings. The summed E-state index contributed by atoms with van der Waals surface area (Å²) in [6.07, 6.45) is 9.46. The molecule has 3 atom stereocenters. The zero-order valence-electron chi connectivity index (χ0n) is 10.2. The molecule has 2 rings (SSSR count). The van der Waals surface area contributed by atoms with Crippen LogP contribution in [0.4, 0.5) is 0 Å². The average Bonchev–Trinajstić information content (AvgIpc) is 2.83. The van der Waals surface area contributed by atoms with Crippen molar-refractivity contribution in [1.29, 1.82) is 0 Å². The summed E-state index contributed by atoms with van der Waals surface area (Å²) < 4.78 is 11.6. The van der Waals surface area contributed by atoms with E-state index in [2.05, 4.69) is 0 Å². The molecule has 0 radical (unpaired) electrons. The molecule has 2 aliphatic rings. The summed E-state index contributed by atoms with van der Waals surface area (Å²) in [6, 6.07) is 0. The van der Waals surface area contributed by atoms with Gasteiger partial charge in [-0.05, 0) is 44.6 Å². The molecule has 0 aromatic rings. The summed E-state index contributed by atoms with van der Waals surface area (Å²) in [5, 5.41) is 0. The molecule has 1 heterocycles. The van der Waals surface area contributed by atoms with Crippen LogP contribution >= 0.6 is 0 Å². The zero-order chi connectivity index (χ0) is 11.2. The third kappa shape index (κ3) is 3.44. The van der Waals surface area contributed by atoms with Crippen molar-refractivity contribution in [3.63, 3.8) is 0 Å². The fraction of sp³-hybridized carbons (Fsp3) is 1.00. The molecule has 3 heteroatoms. The van der Waals surface area contributed by atoms with E-state index in [1.54, 1.807) is 0 Å². The minimum Gasteiger partial charge on any atom is -0.378 e. The van der Waals surface area contributed by atoms with E-state index in [1.165, 1.54) is 38.5 Å². The Morgan fingerprint density at radius 3 is 2.75 bits per heavy atom. The van der Waals surface area contributed by atoms with Crippen LogP contribution in [0.1, 0.15) is 44.9 Å². The summed E-state index contributed by atoms with van der Waals surface area (Å²) in [6.45, 7) is 2.58. The minimum atomic E-state index is 0.417. The lowest BCUT2D eigenvalue weighted by atomic mass is 9.86. The first kappa shape index (κ1) is 12.3. The minimum absolute atomic E-state index is 0.417. The van der Waals surface area contributed by atoms with Crippen LogP contribution in [0.3, 0.4) is 0 Å². The predicted octanol–water partition coefficient (Wildman–Crippen LogP) is 2.09. The van der Waals surface area contributed by atoms with Crippen molar-refractivity contribution in [2.24, 2.45) is 11.7 Å². The highest BCUT2D eigenvalue weighted by atomic mass is 16.5. The molecular formula is C13H25NO2. The quantitative estimate of drug-likeness (QED) is 0.782. The van der Waals surface area contributed by atoms with Crippen molar-refractivity contribution >= 4 is 0 Å². The van der Waals surface area contributed by atoms with E-state index >= 15 is 0 Å². The second-order valence-corrected chi connectivity index (χ2v) is 5.11. The maximum atomic E-state index is 5.99. The number of hydrogen-bond acceptors (Lipinski definition) is 3. The van der Waals surface area contributed by atoms with Gasteiger partial charge in [0, 0.05) is 13.2 Å². The number of rotatable bonds is 5. The lowest BCUT2D eigenvalue weighted by Crippen LogP contribution is -2.33. The lowest BCUT2D eigenvalue weighted by Gasteiger charge is -2.30. The van der Waals surface area contributed by atoms with Crippen molar-refractivity contribution in [2.45, 2.75) is 57.2 Å². The highest BCUT2D eigenvalue weighted by Crippen LogP contribution is 2.26.